The van der Waals surface area contributed by atoms with Crippen molar-refractivity contribution >= 4 is 17.3 Å². The Morgan fingerprint density at radius 2 is 1.80 bits per heavy atom. The Labute approximate surface area is 212 Å². The first-order valence-corrected chi connectivity index (χ1v) is 12.4. The number of piperazine rings is 1. The summed E-state index contributed by atoms with van der Waals surface area (Å²) in [5.74, 6) is 2.20. The van der Waals surface area contributed by atoms with E-state index in [-0.39, 0.29) is 11.6 Å². The molecule has 0 N–H and O–H groups in total. The summed E-state index contributed by atoms with van der Waals surface area (Å²) in [5, 5.41) is 13.8. The van der Waals surface area contributed by atoms with Gasteiger partial charge in [0.15, 0.2) is 17.3 Å². The molecule has 0 radical (unpaired) electrons. The SMILES string of the molecule is CCC(C)(C)n1nnnc1C(c1cccc(OC)c1OC)N1CCN(c2cc(Cl)ccc2C)CC1. The Hall–Kier alpha value is -2.84. The van der Waals surface area contributed by atoms with Gasteiger partial charge in [-0.1, -0.05) is 36.7 Å². The van der Waals surface area contributed by atoms with E-state index >= 15 is 0 Å². The third kappa shape index (κ3) is 4.95. The summed E-state index contributed by atoms with van der Waals surface area (Å²) in [6, 6.07) is 11.9. The van der Waals surface area contributed by atoms with Gasteiger partial charge in [-0.2, -0.15) is 0 Å². The van der Waals surface area contributed by atoms with Crippen LogP contribution in [0.3, 0.4) is 0 Å². The van der Waals surface area contributed by atoms with Crippen molar-refractivity contribution in [3.8, 4) is 11.5 Å². The van der Waals surface area contributed by atoms with Crippen LogP contribution in [0, 0.1) is 6.92 Å². The molecule has 0 aliphatic carbocycles. The lowest BCUT2D eigenvalue weighted by Gasteiger charge is -2.41. The largest absolute Gasteiger partial charge is 0.493 e. The Balaban J connectivity index is 1.74. The van der Waals surface area contributed by atoms with Gasteiger partial charge in [0.2, 0.25) is 0 Å². The molecule has 188 valence electrons. The highest BCUT2D eigenvalue weighted by Gasteiger charge is 2.36. The minimum absolute atomic E-state index is 0.191. The van der Waals surface area contributed by atoms with Crippen LogP contribution in [-0.2, 0) is 5.54 Å². The van der Waals surface area contributed by atoms with Crippen molar-refractivity contribution in [2.75, 3.05) is 45.3 Å². The zero-order chi connectivity index (χ0) is 25.2. The first-order chi connectivity index (χ1) is 16.8. The zero-order valence-electron chi connectivity index (χ0n) is 21.5. The van der Waals surface area contributed by atoms with Gasteiger partial charge in [-0.15, -0.1) is 5.10 Å². The molecule has 2 heterocycles. The first-order valence-electron chi connectivity index (χ1n) is 12.1. The molecule has 0 spiro atoms. The Kier molecular flexibility index (Phi) is 7.52. The van der Waals surface area contributed by atoms with Crippen molar-refractivity contribution in [2.45, 2.75) is 45.7 Å². The highest BCUT2D eigenvalue weighted by molar-refractivity contribution is 6.30. The number of methoxy groups -OCH3 is 2. The second kappa shape index (κ2) is 10.4. The topological polar surface area (TPSA) is 68.5 Å². The van der Waals surface area contributed by atoms with Crippen molar-refractivity contribution in [3.63, 3.8) is 0 Å². The standard InChI is InChI=1S/C26H35ClN6O2/c1-7-26(3,4)33-25(28-29-30-33)23(20-9-8-10-22(34-5)24(20)35-6)32-15-13-31(14-16-32)21-17-19(27)12-11-18(21)2/h8-12,17,23H,7,13-16H2,1-6H3. The maximum absolute atomic E-state index is 6.31. The van der Waals surface area contributed by atoms with E-state index in [1.807, 2.05) is 22.9 Å². The fourth-order valence-electron chi connectivity index (χ4n) is 4.72. The first kappa shape index (κ1) is 25.3. The van der Waals surface area contributed by atoms with Gasteiger partial charge in [0.1, 0.15) is 6.04 Å². The van der Waals surface area contributed by atoms with Crippen molar-refractivity contribution in [1.29, 1.82) is 0 Å². The maximum atomic E-state index is 6.31. The molecular formula is C26H35ClN6O2. The molecule has 1 aliphatic rings. The van der Waals surface area contributed by atoms with Gasteiger partial charge >= 0.3 is 0 Å². The van der Waals surface area contributed by atoms with Crippen molar-refractivity contribution < 1.29 is 9.47 Å². The predicted octanol–water partition coefficient (Wildman–Crippen LogP) is 4.71. The molecule has 1 atom stereocenters. The summed E-state index contributed by atoms with van der Waals surface area (Å²) in [6.45, 7) is 12.0. The van der Waals surface area contributed by atoms with E-state index in [0.717, 1.165) is 49.0 Å². The van der Waals surface area contributed by atoms with Crippen LogP contribution in [0.25, 0.3) is 0 Å². The molecule has 1 saturated heterocycles. The van der Waals surface area contributed by atoms with Crippen LogP contribution in [0.15, 0.2) is 36.4 Å². The van der Waals surface area contributed by atoms with Gasteiger partial charge in [0.25, 0.3) is 0 Å². The number of rotatable bonds is 8. The molecule has 3 aromatic rings. The van der Waals surface area contributed by atoms with E-state index in [4.69, 9.17) is 21.1 Å². The summed E-state index contributed by atoms with van der Waals surface area (Å²) in [6.07, 6.45) is 0.898. The number of aryl methyl sites for hydroxylation is 1. The van der Waals surface area contributed by atoms with Crippen LogP contribution in [0.2, 0.25) is 5.02 Å². The number of hydrogen-bond donors (Lipinski definition) is 0. The minimum atomic E-state index is -0.233. The molecule has 1 aromatic heterocycles. The second-order valence-corrected chi connectivity index (χ2v) is 9.99. The molecule has 2 aromatic carbocycles. The number of ether oxygens (including phenoxy) is 2. The number of para-hydroxylation sites is 1. The third-order valence-electron chi connectivity index (χ3n) is 7.10. The molecule has 35 heavy (non-hydrogen) atoms. The van der Waals surface area contributed by atoms with Gasteiger partial charge in [-0.05, 0) is 61.4 Å². The number of hydrogen-bond acceptors (Lipinski definition) is 7. The van der Waals surface area contributed by atoms with Crippen LogP contribution < -0.4 is 14.4 Å². The van der Waals surface area contributed by atoms with E-state index in [1.54, 1.807) is 14.2 Å². The summed E-state index contributed by atoms with van der Waals surface area (Å²) in [4.78, 5) is 4.83. The molecule has 9 heteroatoms. The van der Waals surface area contributed by atoms with Crippen molar-refractivity contribution in [2.24, 2.45) is 0 Å². The lowest BCUT2D eigenvalue weighted by molar-refractivity contribution is 0.183. The molecule has 0 saturated carbocycles. The average Bonchev–Trinajstić information content (AvgIpc) is 3.36. The summed E-state index contributed by atoms with van der Waals surface area (Å²) in [7, 11) is 3.34. The Bertz CT molecular complexity index is 1160. The quantitative estimate of drug-likeness (QED) is 0.445. The number of aromatic nitrogens is 4. The van der Waals surface area contributed by atoms with Crippen LogP contribution in [0.5, 0.6) is 11.5 Å². The van der Waals surface area contributed by atoms with Crippen LogP contribution >= 0.6 is 11.6 Å². The monoisotopic (exact) mass is 498 g/mol. The van der Waals surface area contributed by atoms with Crippen LogP contribution in [0.4, 0.5) is 5.69 Å². The normalized spacial score (nSPS) is 15.8. The molecule has 4 rings (SSSR count). The van der Waals surface area contributed by atoms with E-state index in [9.17, 15) is 0 Å². The molecule has 0 bridgehead atoms. The summed E-state index contributed by atoms with van der Waals surface area (Å²) < 4.78 is 13.4. The van der Waals surface area contributed by atoms with Gasteiger partial charge < -0.3 is 14.4 Å². The van der Waals surface area contributed by atoms with Gasteiger partial charge in [-0.3, -0.25) is 4.90 Å². The highest BCUT2D eigenvalue weighted by atomic mass is 35.5. The lowest BCUT2D eigenvalue weighted by Crippen LogP contribution is -2.49. The van der Waals surface area contributed by atoms with E-state index in [1.165, 1.54) is 11.3 Å². The van der Waals surface area contributed by atoms with Crippen LogP contribution in [-0.4, -0.2) is 65.5 Å². The van der Waals surface area contributed by atoms with Gasteiger partial charge in [0.05, 0.1) is 19.8 Å². The minimum Gasteiger partial charge on any atom is -0.493 e. The highest BCUT2D eigenvalue weighted by Crippen LogP contribution is 2.41. The number of benzene rings is 2. The maximum Gasteiger partial charge on any atom is 0.173 e. The lowest BCUT2D eigenvalue weighted by atomic mass is 9.98. The molecular weight excluding hydrogens is 464 g/mol. The van der Waals surface area contributed by atoms with E-state index in [0.29, 0.717) is 11.5 Å². The average molecular weight is 499 g/mol. The number of tetrazole rings is 1. The molecule has 1 unspecified atom stereocenters. The molecule has 8 nitrogen and oxygen atoms in total. The molecule has 1 fully saturated rings. The fraction of sp³-hybridized carbons (Fsp3) is 0.500. The predicted molar refractivity (Wildman–Crippen MR) is 139 cm³/mol. The number of halogens is 1. The molecule has 0 amide bonds. The van der Waals surface area contributed by atoms with Gasteiger partial charge in [-0.25, -0.2) is 4.68 Å². The fourth-order valence-corrected chi connectivity index (χ4v) is 4.88. The van der Waals surface area contributed by atoms with E-state index in [2.05, 4.69) is 71.2 Å². The summed E-state index contributed by atoms with van der Waals surface area (Å²) >= 11 is 6.31. The van der Waals surface area contributed by atoms with Crippen molar-refractivity contribution in [1.82, 2.24) is 25.1 Å². The van der Waals surface area contributed by atoms with Gasteiger partial charge in [0, 0.05) is 42.5 Å². The van der Waals surface area contributed by atoms with E-state index < -0.39 is 0 Å². The number of anilines is 1. The number of nitrogens with zero attached hydrogens (tertiary/aromatic N) is 6. The van der Waals surface area contributed by atoms with Crippen LogP contribution in [0.1, 0.15) is 50.2 Å². The smallest absolute Gasteiger partial charge is 0.173 e. The van der Waals surface area contributed by atoms with Crippen molar-refractivity contribution in [3.05, 3.63) is 58.4 Å². The third-order valence-corrected chi connectivity index (χ3v) is 7.33. The zero-order valence-corrected chi connectivity index (χ0v) is 22.2. The second-order valence-electron chi connectivity index (χ2n) is 9.55. The summed E-state index contributed by atoms with van der Waals surface area (Å²) in [5.41, 5.74) is 3.16. The molecule has 1 aliphatic heterocycles. The Morgan fingerprint density at radius 1 is 1.06 bits per heavy atom. The Morgan fingerprint density at radius 3 is 2.46 bits per heavy atom.